The molecule has 0 radical (unpaired) electrons. The molecule has 100 valence electrons. The topological polar surface area (TPSA) is 38.0 Å². The molecule has 2 rings (SSSR count). The maximum absolute atomic E-state index is 13.6. The molecule has 0 amide bonds. The highest BCUT2D eigenvalue weighted by atomic mass is 19.1. The third kappa shape index (κ3) is 2.87. The van der Waals surface area contributed by atoms with E-state index in [1.54, 1.807) is 19.1 Å². The SMILES string of the molecule is Cc1ccc(C(C)Nc2cccc(C)c2N)cc1F. The molecule has 2 nitrogen and oxygen atoms in total. The van der Waals surface area contributed by atoms with Gasteiger partial charge in [0.1, 0.15) is 5.82 Å². The lowest BCUT2D eigenvalue weighted by Gasteiger charge is -2.18. The lowest BCUT2D eigenvalue weighted by Crippen LogP contribution is -2.09. The first-order valence-corrected chi connectivity index (χ1v) is 6.36. The Bertz CT molecular complexity index is 593. The minimum Gasteiger partial charge on any atom is -0.397 e. The Labute approximate surface area is 113 Å². The maximum Gasteiger partial charge on any atom is 0.126 e. The summed E-state index contributed by atoms with van der Waals surface area (Å²) in [6.07, 6.45) is 0. The summed E-state index contributed by atoms with van der Waals surface area (Å²) in [7, 11) is 0. The number of anilines is 2. The van der Waals surface area contributed by atoms with Gasteiger partial charge in [-0.05, 0) is 49.6 Å². The minimum atomic E-state index is -0.177. The maximum atomic E-state index is 13.6. The first-order valence-electron chi connectivity index (χ1n) is 6.36. The zero-order chi connectivity index (χ0) is 14.0. The number of nitrogens with one attached hydrogen (secondary N) is 1. The Kier molecular flexibility index (Phi) is 3.74. The van der Waals surface area contributed by atoms with Gasteiger partial charge in [-0.25, -0.2) is 4.39 Å². The largest absolute Gasteiger partial charge is 0.397 e. The van der Waals surface area contributed by atoms with Crippen molar-refractivity contribution in [2.24, 2.45) is 0 Å². The molecule has 0 saturated heterocycles. The minimum absolute atomic E-state index is 0.000741. The van der Waals surface area contributed by atoms with Crippen molar-refractivity contribution >= 4 is 11.4 Å². The van der Waals surface area contributed by atoms with Gasteiger partial charge in [0.25, 0.3) is 0 Å². The van der Waals surface area contributed by atoms with Crippen molar-refractivity contribution in [3.8, 4) is 0 Å². The third-order valence-electron chi connectivity index (χ3n) is 3.39. The second kappa shape index (κ2) is 5.31. The molecule has 0 heterocycles. The van der Waals surface area contributed by atoms with Gasteiger partial charge in [0.05, 0.1) is 11.4 Å². The molecule has 0 aliphatic carbocycles. The fourth-order valence-electron chi connectivity index (χ4n) is 2.00. The van der Waals surface area contributed by atoms with E-state index >= 15 is 0 Å². The second-order valence-corrected chi connectivity index (χ2v) is 4.91. The average Bonchev–Trinajstić information content (AvgIpc) is 2.38. The molecular weight excluding hydrogens is 239 g/mol. The van der Waals surface area contributed by atoms with E-state index in [0.717, 1.165) is 22.5 Å². The Morgan fingerprint density at radius 1 is 1.11 bits per heavy atom. The molecule has 0 bridgehead atoms. The van der Waals surface area contributed by atoms with Crippen LogP contribution >= 0.6 is 0 Å². The quantitative estimate of drug-likeness (QED) is 0.810. The Morgan fingerprint density at radius 2 is 1.84 bits per heavy atom. The number of hydrogen-bond donors (Lipinski definition) is 2. The molecule has 0 spiro atoms. The molecule has 1 atom stereocenters. The molecule has 0 fully saturated rings. The molecule has 3 heteroatoms. The normalized spacial score (nSPS) is 12.2. The van der Waals surface area contributed by atoms with E-state index in [9.17, 15) is 4.39 Å². The number of rotatable bonds is 3. The van der Waals surface area contributed by atoms with Gasteiger partial charge in [-0.3, -0.25) is 0 Å². The molecule has 19 heavy (non-hydrogen) atoms. The Balaban J connectivity index is 2.23. The van der Waals surface area contributed by atoms with E-state index < -0.39 is 0 Å². The fourth-order valence-corrected chi connectivity index (χ4v) is 2.00. The highest BCUT2D eigenvalue weighted by Crippen LogP contribution is 2.27. The van der Waals surface area contributed by atoms with E-state index in [-0.39, 0.29) is 11.9 Å². The van der Waals surface area contributed by atoms with Crippen LogP contribution in [0.15, 0.2) is 36.4 Å². The number of nitrogen functional groups attached to an aromatic ring is 1. The number of halogens is 1. The van der Waals surface area contributed by atoms with Crippen molar-refractivity contribution in [3.63, 3.8) is 0 Å². The van der Waals surface area contributed by atoms with Gasteiger partial charge in [-0.2, -0.15) is 0 Å². The summed E-state index contributed by atoms with van der Waals surface area (Å²) in [4.78, 5) is 0. The third-order valence-corrected chi connectivity index (χ3v) is 3.39. The lowest BCUT2D eigenvalue weighted by molar-refractivity contribution is 0.614. The van der Waals surface area contributed by atoms with Crippen LogP contribution in [0.2, 0.25) is 0 Å². The van der Waals surface area contributed by atoms with Gasteiger partial charge in [-0.1, -0.05) is 24.3 Å². The summed E-state index contributed by atoms with van der Waals surface area (Å²) in [5, 5.41) is 3.32. The van der Waals surface area contributed by atoms with E-state index in [4.69, 9.17) is 5.73 Å². The van der Waals surface area contributed by atoms with Crippen molar-refractivity contribution in [1.82, 2.24) is 0 Å². The molecular formula is C16H19FN2. The smallest absolute Gasteiger partial charge is 0.126 e. The summed E-state index contributed by atoms with van der Waals surface area (Å²) >= 11 is 0. The monoisotopic (exact) mass is 258 g/mol. The highest BCUT2D eigenvalue weighted by Gasteiger charge is 2.09. The van der Waals surface area contributed by atoms with Crippen molar-refractivity contribution < 1.29 is 4.39 Å². The van der Waals surface area contributed by atoms with Crippen molar-refractivity contribution in [2.75, 3.05) is 11.1 Å². The van der Waals surface area contributed by atoms with Gasteiger partial charge < -0.3 is 11.1 Å². The lowest BCUT2D eigenvalue weighted by atomic mass is 10.0. The van der Waals surface area contributed by atoms with Crippen LogP contribution in [-0.2, 0) is 0 Å². The Morgan fingerprint density at radius 3 is 2.53 bits per heavy atom. The first-order chi connectivity index (χ1) is 8.99. The average molecular weight is 258 g/mol. The van der Waals surface area contributed by atoms with Crippen molar-refractivity contribution in [3.05, 3.63) is 58.9 Å². The van der Waals surface area contributed by atoms with Crippen LogP contribution in [0.3, 0.4) is 0 Å². The first kappa shape index (κ1) is 13.4. The van der Waals surface area contributed by atoms with Crippen molar-refractivity contribution in [1.29, 1.82) is 0 Å². The van der Waals surface area contributed by atoms with Gasteiger partial charge in [0, 0.05) is 6.04 Å². The molecule has 1 unspecified atom stereocenters. The molecule has 0 aromatic heterocycles. The molecule has 0 aliphatic heterocycles. The standard InChI is InChI=1S/C16H19FN2/c1-10-7-8-13(9-14(10)17)12(3)19-15-6-4-5-11(2)16(15)18/h4-9,12,19H,18H2,1-3H3. The Hall–Kier alpha value is -2.03. The summed E-state index contributed by atoms with van der Waals surface area (Å²) < 4.78 is 13.6. The van der Waals surface area contributed by atoms with Crippen LogP contribution in [-0.4, -0.2) is 0 Å². The number of hydrogen-bond acceptors (Lipinski definition) is 2. The van der Waals surface area contributed by atoms with Crippen molar-refractivity contribution in [2.45, 2.75) is 26.8 Å². The molecule has 2 aromatic carbocycles. The van der Waals surface area contributed by atoms with Crippen LogP contribution in [0, 0.1) is 19.7 Å². The van der Waals surface area contributed by atoms with E-state index in [2.05, 4.69) is 5.32 Å². The summed E-state index contributed by atoms with van der Waals surface area (Å²) in [5.41, 5.74) is 10.2. The molecule has 0 saturated carbocycles. The molecule has 2 aromatic rings. The van der Waals surface area contributed by atoms with E-state index in [1.165, 1.54) is 0 Å². The molecule has 0 aliphatic rings. The van der Waals surface area contributed by atoms with Gasteiger partial charge in [0.2, 0.25) is 0 Å². The summed E-state index contributed by atoms with van der Waals surface area (Å²) in [6, 6.07) is 11.2. The van der Waals surface area contributed by atoms with Crippen LogP contribution < -0.4 is 11.1 Å². The number of aryl methyl sites for hydroxylation is 2. The van der Waals surface area contributed by atoms with Crippen LogP contribution in [0.25, 0.3) is 0 Å². The predicted octanol–water partition coefficient (Wildman–Crippen LogP) is 4.20. The second-order valence-electron chi connectivity index (χ2n) is 4.91. The fraction of sp³-hybridized carbons (Fsp3) is 0.250. The van der Waals surface area contributed by atoms with Crippen LogP contribution in [0.1, 0.15) is 29.7 Å². The zero-order valence-corrected chi connectivity index (χ0v) is 11.5. The molecule has 3 N–H and O–H groups in total. The van der Waals surface area contributed by atoms with Gasteiger partial charge in [0.15, 0.2) is 0 Å². The highest BCUT2D eigenvalue weighted by molar-refractivity contribution is 5.70. The zero-order valence-electron chi connectivity index (χ0n) is 11.5. The van der Waals surface area contributed by atoms with Crippen LogP contribution in [0.4, 0.5) is 15.8 Å². The summed E-state index contributed by atoms with van der Waals surface area (Å²) in [6.45, 7) is 5.72. The predicted molar refractivity (Wildman–Crippen MR) is 78.8 cm³/mol. The number of benzene rings is 2. The summed E-state index contributed by atoms with van der Waals surface area (Å²) in [5.74, 6) is -0.177. The van der Waals surface area contributed by atoms with E-state index in [0.29, 0.717) is 5.56 Å². The van der Waals surface area contributed by atoms with Gasteiger partial charge in [-0.15, -0.1) is 0 Å². The van der Waals surface area contributed by atoms with Gasteiger partial charge >= 0.3 is 0 Å². The van der Waals surface area contributed by atoms with E-state index in [1.807, 2.05) is 38.1 Å². The number of nitrogens with two attached hydrogens (primary N) is 1. The van der Waals surface area contributed by atoms with Crippen LogP contribution in [0.5, 0.6) is 0 Å². The number of para-hydroxylation sites is 1.